The fourth-order valence-corrected chi connectivity index (χ4v) is 1.80. The Balaban J connectivity index is 3.43. The molecule has 0 amide bonds. The van der Waals surface area contributed by atoms with Crippen LogP contribution >= 0.6 is 15.9 Å². The first-order valence-corrected chi connectivity index (χ1v) is 4.91. The van der Waals surface area contributed by atoms with Crippen molar-refractivity contribution < 1.29 is 18.6 Å². The van der Waals surface area contributed by atoms with Crippen LogP contribution in [0.4, 0.5) is 8.78 Å². The molecule has 0 heterocycles. The van der Waals surface area contributed by atoms with Gasteiger partial charge >= 0.3 is 0 Å². The highest BCUT2D eigenvalue weighted by Crippen LogP contribution is 2.36. The minimum Gasteiger partial charge on any atom is -0.495 e. The van der Waals surface area contributed by atoms with E-state index >= 15 is 0 Å². The lowest BCUT2D eigenvalue weighted by atomic mass is 10.1. The summed E-state index contributed by atoms with van der Waals surface area (Å²) in [5.41, 5.74) is 4.92. The van der Waals surface area contributed by atoms with Crippen LogP contribution in [0, 0.1) is 11.6 Å². The molecule has 1 unspecified atom stereocenters. The molecule has 0 radical (unpaired) electrons. The molecule has 0 fully saturated rings. The van der Waals surface area contributed by atoms with Crippen molar-refractivity contribution in [2.24, 2.45) is 5.73 Å². The van der Waals surface area contributed by atoms with Crippen molar-refractivity contribution in [3.8, 4) is 5.75 Å². The smallest absolute Gasteiger partial charge is 0.168 e. The van der Waals surface area contributed by atoms with Crippen LogP contribution in [-0.4, -0.2) is 18.8 Å². The lowest BCUT2D eigenvalue weighted by molar-refractivity contribution is 0.175. The van der Waals surface area contributed by atoms with E-state index in [1.54, 1.807) is 0 Å². The molecule has 0 spiro atoms. The Kier molecular flexibility index (Phi) is 4.01. The Bertz CT molecular complexity index is 374. The molecular formula is C9H10BrF2NO2. The molecule has 3 nitrogen and oxygen atoms in total. The van der Waals surface area contributed by atoms with Gasteiger partial charge < -0.3 is 15.6 Å². The average molecular weight is 282 g/mol. The summed E-state index contributed by atoms with van der Waals surface area (Å²) in [6.07, 6.45) is -1.30. The fraction of sp³-hybridized carbons (Fsp3) is 0.333. The molecule has 0 saturated heterocycles. The Hall–Kier alpha value is -0.720. The number of aliphatic hydroxyl groups is 1. The maximum atomic E-state index is 13.4. The first-order valence-electron chi connectivity index (χ1n) is 4.12. The lowest BCUT2D eigenvalue weighted by Gasteiger charge is -2.15. The van der Waals surface area contributed by atoms with E-state index in [4.69, 9.17) is 10.5 Å². The van der Waals surface area contributed by atoms with Crippen LogP contribution in [0.5, 0.6) is 5.75 Å². The third-order valence-electron chi connectivity index (χ3n) is 1.92. The highest BCUT2D eigenvalue weighted by atomic mass is 79.9. The van der Waals surface area contributed by atoms with Gasteiger partial charge in [-0.2, -0.15) is 0 Å². The second kappa shape index (κ2) is 4.87. The van der Waals surface area contributed by atoms with E-state index in [9.17, 15) is 13.9 Å². The summed E-state index contributed by atoms with van der Waals surface area (Å²) < 4.78 is 31.5. The first kappa shape index (κ1) is 12.4. The van der Waals surface area contributed by atoms with Crippen LogP contribution in [-0.2, 0) is 0 Å². The van der Waals surface area contributed by atoms with Gasteiger partial charge in [-0.1, -0.05) is 0 Å². The SMILES string of the molecule is COc1c(Br)cc(F)c(F)c1C(O)CN. The van der Waals surface area contributed by atoms with E-state index in [1.165, 1.54) is 7.11 Å². The van der Waals surface area contributed by atoms with Gasteiger partial charge in [0.2, 0.25) is 0 Å². The van der Waals surface area contributed by atoms with Crippen LogP contribution in [0.25, 0.3) is 0 Å². The molecule has 1 rings (SSSR count). The summed E-state index contributed by atoms with van der Waals surface area (Å²) in [4.78, 5) is 0. The molecule has 1 aromatic rings. The predicted molar refractivity (Wildman–Crippen MR) is 54.6 cm³/mol. The number of rotatable bonds is 3. The third-order valence-corrected chi connectivity index (χ3v) is 2.51. The summed E-state index contributed by atoms with van der Waals surface area (Å²) in [6, 6.07) is 0.931. The first-order chi connectivity index (χ1) is 7.02. The van der Waals surface area contributed by atoms with Gasteiger partial charge in [-0.05, 0) is 22.0 Å². The van der Waals surface area contributed by atoms with Crippen molar-refractivity contribution in [2.45, 2.75) is 6.10 Å². The zero-order valence-corrected chi connectivity index (χ0v) is 9.51. The molecule has 1 atom stereocenters. The Morgan fingerprint density at radius 1 is 1.60 bits per heavy atom. The molecule has 15 heavy (non-hydrogen) atoms. The number of nitrogens with two attached hydrogens (primary N) is 1. The van der Waals surface area contributed by atoms with Crippen LogP contribution < -0.4 is 10.5 Å². The molecule has 0 aliphatic heterocycles. The zero-order chi connectivity index (χ0) is 11.6. The molecule has 6 heteroatoms. The van der Waals surface area contributed by atoms with Crippen molar-refractivity contribution in [3.63, 3.8) is 0 Å². The van der Waals surface area contributed by atoms with Crippen molar-refractivity contribution in [1.82, 2.24) is 0 Å². The summed E-state index contributed by atoms with van der Waals surface area (Å²) in [7, 11) is 1.30. The number of aliphatic hydroxyl groups excluding tert-OH is 1. The van der Waals surface area contributed by atoms with Gasteiger partial charge in [0.05, 0.1) is 23.2 Å². The summed E-state index contributed by atoms with van der Waals surface area (Å²) in [5, 5.41) is 9.44. The maximum Gasteiger partial charge on any atom is 0.168 e. The monoisotopic (exact) mass is 281 g/mol. The molecule has 3 N–H and O–H groups in total. The van der Waals surface area contributed by atoms with Crippen LogP contribution in [0.3, 0.4) is 0 Å². The topological polar surface area (TPSA) is 55.5 Å². The minimum absolute atomic E-state index is 0.0480. The molecule has 0 aliphatic rings. The van der Waals surface area contributed by atoms with Crippen molar-refractivity contribution >= 4 is 15.9 Å². The van der Waals surface area contributed by atoms with Gasteiger partial charge in [-0.25, -0.2) is 8.78 Å². The number of ether oxygens (including phenoxy) is 1. The van der Waals surface area contributed by atoms with Gasteiger partial charge in [0, 0.05) is 6.54 Å². The van der Waals surface area contributed by atoms with Gasteiger partial charge in [0.15, 0.2) is 11.6 Å². The lowest BCUT2D eigenvalue weighted by Crippen LogP contribution is -2.15. The van der Waals surface area contributed by atoms with Gasteiger partial charge in [0.25, 0.3) is 0 Å². The maximum absolute atomic E-state index is 13.4. The number of benzene rings is 1. The second-order valence-corrected chi connectivity index (χ2v) is 3.71. The quantitative estimate of drug-likeness (QED) is 0.830. The van der Waals surface area contributed by atoms with Crippen LogP contribution in [0.2, 0.25) is 0 Å². The number of methoxy groups -OCH3 is 1. The van der Waals surface area contributed by atoms with Crippen molar-refractivity contribution in [2.75, 3.05) is 13.7 Å². The van der Waals surface area contributed by atoms with E-state index in [2.05, 4.69) is 15.9 Å². The number of hydrogen-bond acceptors (Lipinski definition) is 3. The average Bonchev–Trinajstić information content (AvgIpc) is 2.21. The molecule has 0 aliphatic carbocycles. The molecule has 0 saturated carbocycles. The van der Waals surface area contributed by atoms with Gasteiger partial charge in [-0.15, -0.1) is 0 Å². The third kappa shape index (κ3) is 2.27. The van der Waals surface area contributed by atoms with Crippen molar-refractivity contribution in [3.05, 3.63) is 27.7 Å². The van der Waals surface area contributed by atoms with E-state index in [1.807, 2.05) is 0 Å². The van der Waals surface area contributed by atoms with Gasteiger partial charge in [-0.3, -0.25) is 0 Å². The van der Waals surface area contributed by atoms with E-state index < -0.39 is 17.7 Å². The Morgan fingerprint density at radius 3 is 2.67 bits per heavy atom. The van der Waals surface area contributed by atoms with Crippen LogP contribution in [0.1, 0.15) is 11.7 Å². The fourth-order valence-electron chi connectivity index (χ4n) is 1.22. The number of hydrogen-bond donors (Lipinski definition) is 2. The standard InChI is InChI=1S/C9H10BrF2NO2/c1-15-9-4(10)2-5(11)8(12)7(9)6(14)3-13/h2,6,14H,3,13H2,1H3. The normalized spacial score (nSPS) is 12.7. The molecule has 84 valence electrons. The van der Waals surface area contributed by atoms with Crippen LogP contribution in [0.15, 0.2) is 10.5 Å². The van der Waals surface area contributed by atoms with Crippen molar-refractivity contribution in [1.29, 1.82) is 0 Å². The van der Waals surface area contributed by atoms with E-state index in [0.29, 0.717) is 0 Å². The zero-order valence-electron chi connectivity index (χ0n) is 7.93. The molecular weight excluding hydrogens is 272 g/mol. The Labute approximate surface area is 94.0 Å². The highest BCUT2D eigenvalue weighted by Gasteiger charge is 2.23. The summed E-state index contributed by atoms with van der Waals surface area (Å²) in [5.74, 6) is -2.16. The predicted octanol–water partition coefficient (Wildman–Crippen LogP) is 1.73. The Morgan fingerprint density at radius 2 is 2.20 bits per heavy atom. The van der Waals surface area contributed by atoms with E-state index in [0.717, 1.165) is 6.07 Å². The highest BCUT2D eigenvalue weighted by molar-refractivity contribution is 9.10. The largest absolute Gasteiger partial charge is 0.495 e. The van der Waals surface area contributed by atoms with Gasteiger partial charge in [0.1, 0.15) is 5.75 Å². The number of halogens is 3. The van der Waals surface area contributed by atoms with E-state index in [-0.39, 0.29) is 22.3 Å². The minimum atomic E-state index is -1.30. The second-order valence-electron chi connectivity index (χ2n) is 2.85. The molecule has 0 aromatic heterocycles. The molecule has 0 bridgehead atoms. The summed E-state index contributed by atoms with van der Waals surface area (Å²) >= 11 is 3.01. The summed E-state index contributed by atoms with van der Waals surface area (Å²) in [6.45, 7) is -0.219. The molecule has 1 aromatic carbocycles.